The highest BCUT2D eigenvalue weighted by atomic mass is 16.5. The van der Waals surface area contributed by atoms with Gasteiger partial charge in [-0.3, -0.25) is 0 Å². The average Bonchev–Trinajstić information content (AvgIpc) is 2.42. The number of methoxy groups -OCH3 is 2. The van der Waals surface area contributed by atoms with Crippen molar-refractivity contribution in [2.75, 3.05) is 20.8 Å². The number of terminal acetylenes is 1. The van der Waals surface area contributed by atoms with Crippen molar-refractivity contribution in [1.29, 1.82) is 0 Å². The third-order valence-electron chi connectivity index (χ3n) is 2.77. The minimum atomic E-state index is 0.162. The van der Waals surface area contributed by atoms with Gasteiger partial charge in [0.1, 0.15) is 0 Å². The summed E-state index contributed by atoms with van der Waals surface area (Å²) < 4.78 is 10.5. The van der Waals surface area contributed by atoms with E-state index in [1.807, 2.05) is 18.2 Å². The molecule has 0 spiro atoms. The van der Waals surface area contributed by atoms with Crippen LogP contribution in [0.4, 0.5) is 0 Å². The minimum Gasteiger partial charge on any atom is -0.493 e. The van der Waals surface area contributed by atoms with Crippen LogP contribution in [0.25, 0.3) is 0 Å². The Balaban J connectivity index is 2.94. The maximum atomic E-state index is 5.42. The van der Waals surface area contributed by atoms with Crippen molar-refractivity contribution in [2.45, 2.75) is 25.8 Å². The Morgan fingerprint density at radius 1 is 1.28 bits per heavy atom. The van der Waals surface area contributed by atoms with Gasteiger partial charge in [-0.05, 0) is 30.7 Å². The molecule has 1 rings (SSSR count). The molecule has 0 aliphatic rings. The standard InChI is InChI=1S/C15H21NO2/c1-5-7-13(16-10-6-2)12-8-9-14(17-3)15(11-12)18-4/h1,8-9,11,13,16H,6-7,10H2,2-4H3. The Kier molecular flexibility index (Phi) is 6.10. The molecule has 0 fully saturated rings. The van der Waals surface area contributed by atoms with Crippen LogP contribution in [0.5, 0.6) is 11.5 Å². The molecule has 1 N–H and O–H groups in total. The molecular formula is C15H21NO2. The Morgan fingerprint density at radius 3 is 2.56 bits per heavy atom. The van der Waals surface area contributed by atoms with Crippen LogP contribution in [-0.4, -0.2) is 20.8 Å². The van der Waals surface area contributed by atoms with Crippen LogP contribution in [0.15, 0.2) is 18.2 Å². The molecule has 0 bridgehead atoms. The highest BCUT2D eigenvalue weighted by Gasteiger charge is 2.12. The van der Waals surface area contributed by atoms with E-state index in [9.17, 15) is 0 Å². The van der Waals surface area contributed by atoms with E-state index in [0.29, 0.717) is 6.42 Å². The van der Waals surface area contributed by atoms with Crippen molar-refractivity contribution < 1.29 is 9.47 Å². The topological polar surface area (TPSA) is 30.5 Å². The number of nitrogens with one attached hydrogen (secondary N) is 1. The largest absolute Gasteiger partial charge is 0.493 e. The summed E-state index contributed by atoms with van der Waals surface area (Å²) in [4.78, 5) is 0. The predicted octanol–water partition coefficient (Wildman–Crippen LogP) is 2.77. The maximum Gasteiger partial charge on any atom is 0.161 e. The molecule has 0 aromatic heterocycles. The number of rotatable bonds is 7. The lowest BCUT2D eigenvalue weighted by atomic mass is 10.0. The molecule has 1 aromatic carbocycles. The second kappa shape index (κ2) is 7.62. The molecule has 1 atom stereocenters. The highest BCUT2D eigenvalue weighted by Crippen LogP contribution is 2.30. The van der Waals surface area contributed by atoms with Crippen molar-refractivity contribution >= 4 is 0 Å². The van der Waals surface area contributed by atoms with Crippen molar-refractivity contribution in [3.63, 3.8) is 0 Å². The van der Waals surface area contributed by atoms with Gasteiger partial charge < -0.3 is 14.8 Å². The fraction of sp³-hybridized carbons (Fsp3) is 0.467. The van der Waals surface area contributed by atoms with Crippen LogP contribution in [0, 0.1) is 12.3 Å². The predicted molar refractivity (Wildman–Crippen MR) is 74.0 cm³/mol. The van der Waals surface area contributed by atoms with Crippen LogP contribution in [0.3, 0.4) is 0 Å². The molecule has 0 saturated carbocycles. The fourth-order valence-electron chi connectivity index (χ4n) is 1.81. The molecule has 0 radical (unpaired) electrons. The fourth-order valence-corrected chi connectivity index (χ4v) is 1.81. The zero-order valence-corrected chi connectivity index (χ0v) is 11.3. The highest BCUT2D eigenvalue weighted by molar-refractivity contribution is 5.44. The summed E-state index contributed by atoms with van der Waals surface area (Å²) in [6, 6.07) is 6.07. The summed E-state index contributed by atoms with van der Waals surface area (Å²) in [5, 5.41) is 3.44. The quantitative estimate of drug-likeness (QED) is 0.752. The van der Waals surface area contributed by atoms with Gasteiger partial charge in [0.2, 0.25) is 0 Å². The molecule has 18 heavy (non-hydrogen) atoms. The monoisotopic (exact) mass is 247 g/mol. The van der Waals surface area contributed by atoms with E-state index in [-0.39, 0.29) is 6.04 Å². The van der Waals surface area contributed by atoms with Crippen molar-refractivity contribution in [1.82, 2.24) is 5.32 Å². The summed E-state index contributed by atoms with van der Waals surface area (Å²) >= 11 is 0. The molecule has 3 heteroatoms. The molecule has 1 aromatic rings. The molecule has 98 valence electrons. The van der Waals surface area contributed by atoms with E-state index < -0.39 is 0 Å². The number of benzene rings is 1. The van der Waals surface area contributed by atoms with E-state index in [1.54, 1.807) is 14.2 Å². The number of ether oxygens (including phenoxy) is 2. The van der Waals surface area contributed by atoms with Gasteiger partial charge in [0.25, 0.3) is 0 Å². The first-order valence-electron chi connectivity index (χ1n) is 6.15. The Hall–Kier alpha value is -1.66. The zero-order chi connectivity index (χ0) is 13.4. The van der Waals surface area contributed by atoms with Crippen LogP contribution in [0.1, 0.15) is 31.4 Å². The van der Waals surface area contributed by atoms with Crippen LogP contribution >= 0.6 is 0 Å². The van der Waals surface area contributed by atoms with Crippen LogP contribution in [-0.2, 0) is 0 Å². The van der Waals surface area contributed by atoms with E-state index in [2.05, 4.69) is 18.2 Å². The van der Waals surface area contributed by atoms with Gasteiger partial charge in [-0.1, -0.05) is 13.0 Å². The van der Waals surface area contributed by atoms with Gasteiger partial charge in [0.05, 0.1) is 14.2 Å². The van der Waals surface area contributed by atoms with Crippen molar-refractivity contribution in [3.05, 3.63) is 23.8 Å². The van der Waals surface area contributed by atoms with Gasteiger partial charge in [-0.25, -0.2) is 0 Å². The lowest BCUT2D eigenvalue weighted by Gasteiger charge is -2.18. The Labute approximate surface area is 109 Å². The minimum absolute atomic E-state index is 0.162. The van der Waals surface area contributed by atoms with E-state index in [1.165, 1.54) is 0 Å². The SMILES string of the molecule is C#CCC(NCCC)c1ccc(OC)c(OC)c1. The summed E-state index contributed by atoms with van der Waals surface area (Å²) in [6.45, 7) is 3.08. The third-order valence-corrected chi connectivity index (χ3v) is 2.77. The first kappa shape index (κ1) is 14.4. The summed E-state index contributed by atoms with van der Waals surface area (Å²) in [6.07, 6.45) is 7.16. The second-order valence-electron chi connectivity index (χ2n) is 4.03. The molecule has 0 saturated heterocycles. The summed E-state index contributed by atoms with van der Waals surface area (Å²) in [7, 11) is 3.27. The smallest absolute Gasteiger partial charge is 0.161 e. The lowest BCUT2D eigenvalue weighted by Crippen LogP contribution is -2.21. The zero-order valence-electron chi connectivity index (χ0n) is 11.3. The summed E-state index contributed by atoms with van der Waals surface area (Å²) in [5.74, 6) is 4.17. The molecule has 0 aliphatic heterocycles. The Bertz CT molecular complexity index is 409. The molecule has 0 aliphatic carbocycles. The number of hydrogen-bond donors (Lipinski definition) is 1. The van der Waals surface area contributed by atoms with Gasteiger partial charge in [0, 0.05) is 12.5 Å². The van der Waals surface area contributed by atoms with E-state index >= 15 is 0 Å². The average molecular weight is 247 g/mol. The van der Waals surface area contributed by atoms with Gasteiger partial charge in [-0.15, -0.1) is 12.3 Å². The van der Waals surface area contributed by atoms with Gasteiger partial charge in [0.15, 0.2) is 11.5 Å². The molecule has 3 nitrogen and oxygen atoms in total. The first-order chi connectivity index (χ1) is 8.76. The number of hydrogen-bond acceptors (Lipinski definition) is 3. The van der Waals surface area contributed by atoms with Gasteiger partial charge >= 0.3 is 0 Å². The van der Waals surface area contributed by atoms with E-state index in [4.69, 9.17) is 15.9 Å². The van der Waals surface area contributed by atoms with Crippen LogP contribution in [0.2, 0.25) is 0 Å². The van der Waals surface area contributed by atoms with Crippen molar-refractivity contribution in [3.8, 4) is 23.8 Å². The normalized spacial score (nSPS) is 11.7. The molecule has 0 heterocycles. The van der Waals surface area contributed by atoms with Crippen molar-refractivity contribution in [2.24, 2.45) is 0 Å². The molecule has 0 amide bonds. The molecule has 1 unspecified atom stereocenters. The van der Waals surface area contributed by atoms with E-state index in [0.717, 1.165) is 30.0 Å². The lowest BCUT2D eigenvalue weighted by molar-refractivity contribution is 0.354. The van der Waals surface area contributed by atoms with Gasteiger partial charge in [-0.2, -0.15) is 0 Å². The maximum absolute atomic E-state index is 5.42. The molecular weight excluding hydrogens is 226 g/mol. The first-order valence-corrected chi connectivity index (χ1v) is 6.15. The summed E-state index contributed by atoms with van der Waals surface area (Å²) in [5.41, 5.74) is 1.12. The Morgan fingerprint density at radius 2 is 2.00 bits per heavy atom. The van der Waals surface area contributed by atoms with Crippen LogP contribution < -0.4 is 14.8 Å². The second-order valence-corrected chi connectivity index (χ2v) is 4.03. The third kappa shape index (κ3) is 3.68.